The van der Waals surface area contributed by atoms with Gasteiger partial charge < -0.3 is 5.73 Å². The molecule has 0 atom stereocenters. The number of hydrogen-bond donors (Lipinski definition) is 1. The summed E-state index contributed by atoms with van der Waals surface area (Å²) < 4.78 is 16.0. The number of rotatable bonds is 1. The van der Waals surface area contributed by atoms with Crippen LogP contribution in [0.2, 0.25) is 5.02 Å². The van der Waals surface area contributed by atoms with Crippen molar-refractivity contribution in [1.82, 2.24) is 9.55 Å². The van der Waals surface area contributed by atoms with Crippen molar-refractivity contribution in [3.05, 3.63) is 51.2 Å². The Labute approximate surface area is 128 Å². The highest BCUT2D eigenvalue weighted by Crippen LogP contribution is 2.32. The molecule has 2 N–H and O–H groups in total. The van der Waals surface area contributed by atoms with E-state index in [0.717, 1.165) is 15.7 Å². The molecule has 6 heteroatoms. The van der Waals surface area contributed by atoms with Gasteiger partial charge in [0.25, 0.3) is 0 Å². The summed E-state index contributed by atoms with van der Waals surface area (Å²) >= 11 is 9.65. The lowest BCUT2D eigenvalue weighted by molar-refractivity contribution is 0.629. The van der Waals surface area contributed by atoms with Crippen LogP contribution in [0.5, 0.6) is 0 Å². The average molecular weight is 355 g/mol. The van der Waals surface area contributed by atoms with E-state index in [9.17, 15) is 4.39 Å². The molecule has 2 aromatic carbocycles. The van der Waals surface area contributed by atoms with E-state index in [1.54, 1.807) is 16.7 Å². The van der Waals surface area contributed by atoms with Gasteiger partial charge in [-0.25, -0.2) is 9.37 Å². The first-order chi connectivity index (χ1) is 9.47. The summed E-state index contributed by atoms with van der Waals surface area (Å²) in [6.45, 7) is 1.91. The quantitative estimate of drug-likeness (QED) is 0.700. The zero-order valence-electron chi connectivity index (χ0n) is 10.5. The predicted molar refractivity (Wildman–Crippen MR) is 82.9 cm³/mol. The number of anilines is 1. The van der Waals surface area contributed by atoms with E-state index in [1.807, 2.05) is 13.0 Å². The van der Waals surface area contributed by atoms with Gasteiger partial charge in [0, 0.05) is 15.6 Å². The van der Waals surface area contributed by atoms with Crippen LogP contribution in [0.3, 0.4) is 0 Å². The molecule has 3 aromatic rings. The number of imidazole rings is 1. The second-order valence-electron chi connectivity index (χ2n) is 4.49. The number of aromatic nitrogens is 2. The maximum atomic E-state index is 13.5. The van der Waals surface area contributed by atoms with Gasteiger partial charge in [-0.05, 0) is 52.7 Å². The molecule has 20 heavy (non-hydrogen) atoms. The minimum absolute atomic E-state index is 0.284. The molecule has 0 unspecified atom stereocenters. The van der Waals surface area contributed by atoms with E-state index in [-0.39, 0.29) is 11.8 Å². The lowest BCUT2D eigenvalue weighted by Crippen LogP contribution is -2.02. The minimum atomic E-state index is -0.340. The van der Waals surface area contributed by atoms with Crippen molar-refractivity contribution in [1.29, 1.82) is 0 Å². The first-order valence-corrected chi connectivity index (χ1v) is 7.04. The standard InChI is InChI=1S/C14H10BrClFN3/c1-7-4-9(15)12(6-10(7)16)20-13-5-8(17)2-3-11(13)19-14(20)18/h2-6H,1H3,(H2,18,19). The Morgan fingerprint density at radius 3 is 2.80 bits per heavy atom. The van der Waals surface area contributed by atoms with Crippen molar-refractivity contribution in [2.24, 2.45) is 0 Å². The summed E-state index contributed by atoms with van der Waals surface area (Å²) in [7, 11) is 0. The predicted octanol–water partition coefficient (Wildman–Crippen LogP) is 4.47. The third-order valence-corrected chi connectivity index (χ3v) is 4.15. The van der Waals surface area contributed by atoms with Crippen molar-refractivity contribution in [2.75, 3.05) is 5.73 Å². The number of nitrogens with two attached hydrogens (primary N) is 1. The summed E-state index contributed by atoms with van der Waals surface area (Å²) in [4.78, 5) is 4.23. The van der Waals surface area contributed by atoms with E-state index in [4.69, 9.17) is 17.3 Å². The second-order valence-corrected chi connectivity index (χ2v) is 5.75. The molecule has 0 spiro atoms. The smallest absolute Gasteiger partial charge is 0.205 e. The number of nitrogen functional groups attached to an aromatic ring is 1. The van der Waals surface area contributed by atoms with E-state index >= 15 is 0 Å². The lowest BCUT2D eigenvalue weighted by atomic mass is 10.2. The van der Waals surface area contributed by atoms with Crippen LogP contribution in [-0.4, -0.2) is 9.55 Å². The molecule has 3 rings (SSSR count). The van der Waals surface area contributed by atoms with Gasteiger partial charge in [-0.3, -0.25) is 4.57 Å². The van der Waals surface area contributed by atoms with Gasteiger partial charge in [0.2, 0.25) is 5.95 Å². The molecule has 3 nitrogen and oxygen atoms in total. The minimum Gasteiger partial charge on any atom is -0.369 e. The third-order valence-electron chi connectivity index (χ3n) is 3.11. The topological polar surface area (TPSA) is 43.8 Å². The summed E-state index contributed by atoms with van der Waals surface area (Å²) in [5.41, 5.74) is 8.86. The van der Waals surface area contributed by atoms with Crippen molar-refractivity contribution >= 4 is 44.5 Å². The van der Waals surface area contributed by atoms with Gasteiger partial charge in [-0.2, -0.15) is 0 Å². The lowest BCUT2D eigenvalue weighted by Gasteiger charge is -2.11. The zero-order valence-corrected chi connectivity index (χ0v) is 12.8. The summed E-state index contributed by atoms with van der Waals surface area (Å²) in [5.74, 6) is -0.0563. The second kappa shape index (κ2) is 4.75. The van der Waals surface area contributed by atoms with Crippen LogP contribution in [0.15, 0.2) is 34.8 Å². The van der Waals surface area contributed by atoms with Crippen LogP contribution in [0.1, 0.15) is 5.56 Å². The summed E-state index contributed by atoms with van der Waals surface area (Å²) in [5, 5.41) is 0.612. The Morgan fingerprint density at radius 2 is 2.05 bits per heavy atom. The Bertz CT molecular complexity index is 829. The fraction of sp³-hybridized carbons (Fsp3) is 0.0714. The first kappa shape index (κ1) is 13.4. The monoisotopic (exact) mass is 353 g/mol. The van der Waals surface area contributed by atoms with Crippen LogP contribution in [0.4, 0.5) is 10.3 Å². The summed E-state index contributed by atoms with van der Waals surface area (Å²) in [6.07, 6.45) is 0. The van der Waals surface area contributed by atoms with Gasteiger partial charge in [0.05, 0.1) is 16.7 Å². The van der Waals surface area contributed by atoms with Crippen LogP contribution < -0.4 is 5.73 Å². The fourth-order valence-corrected chi connectivity index (χ4v) is 2.92. The maximum Gasteiger partial charge on any atom is 0.205 e. The number of aryl methyl sites for hydroxylation is 1. The van der Waals surface area contributed by atoms with Crippen molar-refractivity contribution in [3.8, 4) is 5.69 Å². The zero-order chi connectivity index (χ0) is 14.4. The van der Waals surface area contributed by atoms with Crippen LogP contribution in [0.25, 0.3) is 16.7 Å². The normalized spacial score (nSPS) is 11.2. The number of benzene rings is 2. The number of halogens is 3. The molecule has 0 fully saturated rings. The van der Waals surface area contributed by atoms with Crippen LogP contribution in [0, 0.1) is 12.7 Å². The SMILES string of the molecule is Cc1cc(Br)c(-n2c(N)nc3ccc(F)cc32)cc1Cl. The third kappa shape index (κ3) is 2.07. The molecule has 1 aromatic heterocycles. The highest BCUT2D eigenvalue weighted by atomic mass is 79.9. The Morgan fingerprint density at radius 1 is 1.30 bits per heavy atom. The van der Waals surface area contributed by atoms with Crippen molar-refractivity contribution < 1.29 is 4.39 Å². The Kier molecular flexibility index (Phi) is 3.18. The molecule has 0 aliphatic carbocycles. The fourth-order valence-electron chi connectivity index (χ4n) is 2.13. The van der Waals surface area contributed by atoms with Crippen LogP contribution in [-0.2, 0) is 0 Å². The highest BCUT2D eigenvalue weighted by molar-refractivity contribution is 9.10. The van der Waals surface area contributed by atoms with Gasteiger partial charge in [-0.1, -0.05) is 11.6 Å². The molecule has 0 saturated carbocycles. The van der Waals surface area contributed by atoms with E-state index in [0.29, 0.717) is 16.1 Å². The van der Waals surface area contributed by atoms with E-state index < -0.39 is 0 Å². The molecular weight excluding hydrogens is 345 g/mol. The molecule has 0 radical (unpaired) electrons. The average Bonchev–Trinajstić information content (AvgIpc) is 2.69. The Hall–Kier alpha value is -1.59. The molecule has 102 valence electrons. The van der Waals surface area contributed by atoms with Crippen molar-refractivity contribution in [3.63, 3.8) is 0 Å². The maximum absolute atomic E-state index is 13.5. The van der Waals surface area contributed by atoms with Gasteiger partial charge in [-0.15, -0.1) is 0 Å². The highest BCUT2D eigenvalue weighted by Gasteiger charge is 2.14. The van der Waals surface area contributed by atoms with Gasteiger partial charge >= 0.3 is 0 Å². The Balaban J connectivity index is 2.37. The van der Waals surface area contributed by atoms with Gasteiger partial charge in [0.1, 0.15) is 5.82 Å². The van der Waals surface area contributed by atoms with Crippen LogP contribution >= 0.6 is 27.5 Å². The molecular formula is C14H10BrClFN3. The van der Waals surface area contributed by atoms with E-state index in [1.165, 1.54) is 12.1 Å². The first-order valence-electron chi connectivity index (χ1n) is 5.87. The molecule has 0 aliphatic rings. The molecule has 0 amide bonds. The van der Waals surface area contributed by atoms with Gasteiger partial charge in [0.15, 0.2) is 0 Å². The van der Waals surface area contributed by atoms with Crippen molar-refractivity contribution in [2.45, 2.75) is 6.92 Å². The van der Waals surface area contributed by atoms with E-state index in [2.05, 4.69) is 20.9 Å². The number of hydrogen-bond acceptors (Lipinski definition) is 2. The molecule has 1 heterocycles. The number of fused-ring (bicyclic) bond motifs is 1. The molecule has 0 bridgehead atoms. The number of nitrogens with zero attached hydrogens (tertiary/aromatic N) is 2. The molecule has 0 saturated heterocycles. The molecule has 0 aliphatic heterocycles. The summed E-state index contributed by atoms with van der Waals surface area (Å²) in [6, 6.07) is 8.03. The largest absolute Gasteiger partial charge is 0.369 e.